The Morgan fingerprint density at radius 1 is 1.39 bits per heavy atom. The second kappa shape index (κ2) is 5.28. The van der Waals surface area contributed by atoms with Gasteiger partial charge in [0.15, 0.2) is 0 Å². The highest BCUT2D eigenvalue weighted by atomic mass is 28.3. The van der Waals surface area contributed by atoms with Crippen LogP contribution in [0.15, 0.2) is 12.1 Å². The number of nitrogens with two attached hydrogens (primary N) is 1. The quantitative estimate of drug-likeness (QED) is 0.488. The molecule has 0 unspecified atom stereocenters. The molecular formula is C14H19NO2Si. The van der Waals surface area contributed by atoms with Crippen molar-refractivity contribution in [2.75, 3.05) is 5.73 Å². The summed E-state index contributed by atoms with van der Waals surface area (Å²) in [6.45, 7) is 8.32. The summed E-state index contributed by atoms with van der Waals surface area (Å²) in [6.07, 6.45) is -0.0154. The summed E-state index contributed by atoms with van der Waals surface area (Å²) in [7, 11) is -1.44. The van der Waals surface area contributed by atoms with Crippen molar-refractivity contribution in [3.8, 4) is 11.5 Å². The van der Waals surface area contributed by atoms with Crippen LogP contribution in [0.3, 0.4) is 0 Å². The van der Waals surface area contributed by atoms with Crippen LogP contribution in [0.5, 0.6) is 0 Å². The molecule has 0 aliphatic carbocycles. The SMILES string of the molecule is Cc1c(N)cc(C#C[Si](C)(C)C)cc1CC(=O)O. The van der Waals surface area contributed by atoms with Gasteiger partial charge >= 0.3 is 5.97 Å². The number of hydrogen-bond acceptors (Lipinski definition) is 2. The van der Waals surface area contributed by atoms with Gasteiger partial charge in [-0.3, -0.25) is 4.79 Å². The topological polar surface area (TPSA) is 63.3 Å². The summed E-state index contributed by atoms with van der Waals surface area (Å²) >= 11 is 0. The van der Waals surface area contributed by atoms with Gasteiger partial charge in [0.25, 0.3) is 0 Å². The molecular weight excluding hydrogens is 242 g/mol. The van der Waals surface area contributed by atoms with E-state index in [0.29, 0.717) is 5.69 Å². The molecule has 0 saturated carbocycles. The minimum absolute atomic E-state index is 0.0154. The predicted octanol–water partition coefficient (Wildman–Crippen LogP) is 2.43. The molecule has 0 saturated heterocycles. The van der Waals surface area contributed by atoms with Crippen LogP contribution in [-0.4, -0.2) is 19.1 Å². The van der Waals surface area contributed by atoms with E-state index in [0.717, 1.165) is 16.7 Å². The van der Waals surface area contributed by atoms with Crippen LogP contribution in [0.4, 0.5) is 5.69 Å². The Morgan fingerprint density at radius 3 is 2.50 bits per heavy atom. The first-order valence-electron chi connectivity index (χ1n) is 5.83. The molecule has 0 spiro atoms. The zero-order valence-electron chi connectivity index (χ0n) is 11.3. The van der Waals surface area contributed by atoms with Crippen molar-refractivity contribution in [2.45, 2.75) is 33.0 Å². The summed E-state index contributed by atoms with van der Waals surface area (Å²) in [5.41, 5.74) is 12.1. The van der Waals surface area contributed by atoms with Gasteiger partial charge in [0, 0.05) is 11.3 Å². The molecule has 0 radical (unpaired) electrons. The predicted molar refractivity (Wildman–Crippen MR) is 77.2 cm³/mol. The lowest BCUT2D eigenvalue weighted by molar-refractivity contribution is -0.136. The molecule has 0 aromatic heterocycles. The average molecular weight is 261 g/mol. The number of benzene rings is 1. The molecule has 0 fully saturated rings. The van der Waals surface area contributed by atoms with E-state index >= 15 is 0 Å². The second-order valence-electron chi connectivity index (χ2n) is 5.42. The number of nitrogen functional groups attached to an aromatic ring is 1. The van der Waals surface area contributed by atoms with E-state index in [1.165, 1.54) is 0 Å². The Balaban J connectivity index is 3.19. The maximum atomic E-state index is 10.8. The number of carboxylic acid groups (broad SMARTS) is 1. The first-order chi connectivity index (χ1) is 8.19. The molecule has 0 atom stereocenters. The number of rotatable bonds is 2. The molecule has 0 aliphatic heterocycles. The minimum atomic E-state index is -1.44. The molecule has 0 amide bonds. The fraction of sp³-hybridized carbons (Fsp3) is 0.357. The normalized spacial score (nSPS) is 10.7. The molecule has 4 heteroatoms. The fourth-order valence-electron chi connectivity index (χ4n) is 1.48. The van der Waals surface area contributed by atoms with Crippen LogP contribution in [0.1, 0.15) is 16.7 Å². The monoisotopic (exact) mass is 261 g/mol. The second-order valence-corrected chi connectivity index (χ2v) is 10.2. The summed E-state index contributed by atoms with van der Waals surface area (Å²) in [4.78, 5) is 10.8. The first-order valence-corrected chi connectivity index (χ1v) is 9.33. The Morgan fingerprint density at radius 2 is 2.00 bits per heavy atom. The van der Waals surface area contributed by atoms with Gasteiger partial charge in [-0.15, -0.1) is 5.54 Å². The number of carbonyl (C=O) groups is 1. The maximum Gasteiger partial charge on any atom is 0.307 e. The lowest BCUT2D eigenvalue weighted by Gasteiger charge is -2.08. The van der Waals surface area contributed by atoms with Crippen LogP contribution < -0.4 is 5.73 Å². The third-order valence-corrected chi connectivity index (χ3v) is 3.35. The number of aliphatic carboxylic acids is 1. The van der Waals surface area contributed by atoms with Crippen LogP contribution in [0.25, 0.3) is 0 Å². The van der Waals surface area contributed by atoms with Crippen molar-refractivity contribution in [1.29, 1.82) is 0 Å². The Bertz CT molecular complexity index is 533. The molecule has 0 bridgehead atoms. The van der Waals surface area contributed by atoms with Gasteiger partial charge in [0.1, 0.15) is 8.07 Å². The van der Waals surface area contributed by atoms with E-state index in [4.69, 9.17) is 10.8 Å². The molecule has 3 N–H and O–H groups in total. The molecule has 0 aliphatic rings. The average Bonchev–Trinajstić information content (AvgIpc) is 2.20. The van der Waals surface area contributed by atoms with Crippen LogP contribution in [0.2, 0.25) is 19.6 Å². The highest BCUT2D eigenvalue weighted by Crippen LogP contribution is 2.19. The van der Waals surface area contributed by atoms with Crippen LogP contribution >= 0.6 is 0 Å². The zero-order chi connectivity index (χ0) is 13.9. The van der Waals surface area contributed by atoms with Gasteiger partial charge in [0.05, 0.1) is 6.42 Å². The maximum absolute atomic E-state index is 10.8. The smallest absolute Gasteiger partial charge is 0.307 e. The number of anilines is 1. The fourth-order valence-corrected chi connectivity index (χ4v) is 2.00. The Kier molecular flexibility index (Phi) is 4.20. The molecule has 1 rings (SSSR count). The van der Waals surface area contributed by atoms with Gasteiger partial charge < -0.3 is 10.8 Å². The molecule has 96 valence electrons. The lowest BCUT2D eigenvalue weighted by Crippen LogP contribution is -2.16. The van der Waals surface area contributed by atoms with Crippen molar-refractivity contribution in [3.05, 3.63) is 28.8 Å². The highest BCUT2D eigenvalue weighted by Gasteiger charge is 2.10. The summed E-state index contributed by atoms with van der Waals surface area (Å²) in [6, 6.07) is 3.64. The van der Waals surface area contributed by atoms with Crippen molar-refractivity contribution >= 4 is 19.7 Å². The molecule has 18 heavy (non-hydrogen) atoms. The van der Waals surface area contributed by atoms with Crippen molar-refractivity contribution < 1.29 is 9.90 Å². The largest absolute Gasteiger partial charge is 0.481 e. The first kappa shape index (κ1) is 14.3. The van der Waals surface area contributed by atoms with Gasteiger partial charge in [-0.1, -0.05) is 25.6 Å². The summed E-state index contributed by atoms with van der Waals surface area (Å²) in [5, 5.41) is 8.86. The van der Waals surface area contributed by atoms with Crippen LogP contribution in [-0.2, 0) is 11.2 Å². The molecule has 0 heterocycles. The van der Waals surface area contributed by atoms with E-state index in [2.05, 4.69) is 31.1 Å². The Labute approximate surface area is 109 Å². The minimum Gasteiger partial charge on any atom is -0.481 e. The van der Waals surface area contributed by atoms with Crippen molar-refractivity contribution in [2.24, 2.45) is 0 Å². The molecule has 1 aromatic carbocycles. The van der Waals surface area contributed by atoms with E-state index in [1.807, 2.05) is 19.1 Å². The van der Waals surface area contributed by atoms with E-state index in [-0.39, 0.29) is 6.42 Å². The third-order valence-electron chi connectivity index (χ3n) is 2.48. The van der Waals surface area contributed by atoms with Gasteiger partial charge in [0.2, 0.25) is 0 Å². The number of hydrogen-bond donors (Lipinski definition) is 2. The molecule has 3 nitrogen and oxygen atoms in total. The van der Waals surface area contributed by atoms with Crippen LogP contribution in [0, 0.1) is 18.4 Å². The van der Waals surface area contributed by atoms with Gasteiger partial charge in [-0.2, -0.15) is 0 Å². The van der Waals surface area contributed by atoms with E-state index in [1.54, 1.807) is 0 Å². The van der Waals surface area contributed by atoms with E-state index < -0.39 is 14.0 Å². The lowest BCUT2D eigenvalue weighted by atomic mass is 10.0. The van der Waals surface area contributed by atoms with Gasteiger partial charge in [-0.25, -0.2) is 0 Å². The van der Waals surface area contributed by atoms with Crippen molar-refractivity contribution in [3.63, 3.8) is 0 Å². The molecule has 1 aromatic rings. The Hall–Kier alpha value is -1.73. The summed E-state index contributed by atoms with van der Waals surface area (Å²) < 4.78 is 0. The van der Waals surface area contributed by atoms with Crippen molar-refractivity contribution in [1.82, 2.24) is 0 Å². The summed E-state index contributed by atoms with van der Waals surface area (Å²) in [5.74, 6) is 2.25. The standard InChI is InChI=1S/C14H19NO2Si/c1-10-12(9-14(16)17)7-11(8-13(10)15)5-6-18(2,3)4/h7-8H,9,15H2,1-4H3,(H,16,17). The van der Waals surface area contributed by atoms with E-state index in [9.17, 15) is 4.79 Å². The zero-order valence-corrected chi connectivity index (χ0v) is 12.3. The highest BCUT2D eigenvalue weighted by molar-refractivity contribution is 6.83. The number of carboxylic acids is 1. The third kappa shape index (κ3) is 4.26. The van der Waals surface area contributed by atoms with Gasteiger partial charge in [-0.05, 0) is 30.2 Å².